The van der Waals surface area contributed by atoms with Crippen molar-refractivity contribution in [1.82, 2.24) is 9.55 Å². The number of rotatable bonds is 4. The third-order valence-electron chi connectivity index (χ3n) is 3.93. The topological polar surface area (TPSA) is 67.2 Å². The van der Waals surface area contributed by atoms with E-state index in [-0.39, 0.29) is 12.5 Å². The van der Waals surface area contributed by atoms with Crippen LogP contribution in [0.5, 0.6) is 0 Å². The van der Waals surface area contributed by atoms with Gasteiger partial charge in [-0.1, -0.05) is 6.07 Å². The van der Waals surface area contributed by atoms with Crippen LogP contribution in [-0.4, -0.2) is 20.6 Å². The maximum Gasteiger partial charge on any atom is 0.258 e. The molecule has 2 aromatic heterocycles. The molecule has 1 aliphatic rings. The number of amides is 1. The summed E-state index contributed by atoms with van der Waals surface area (Å²) in [6.07, 6.45) is 3.97. The van der Waals surface area contributed by atoms with Gasteiger partial charge in [0.15, 0.2) is 0 Å². The predicted molar refractivity (Wildman–Crippen MR) is 80.3 cm³/mol. The zero-order valence-corrected chi connectivity index (χ0v) is 12.3. The van der Waals surface area contributed by atoms with Gasteiger partial charge in [-0.25, -0.2) is 4.98 Å². The molecular formula is C16H19N3O2. The molecule has 3 rings (SSSR count). The maximum atomic E-state index is 12.5. The fourth-order valence-corrected chi connectivity index (χ4v) is 2.76. The summed E-state index contributed by atoms with van der Waals surface area (Å²) in [4.78, 5) is 16.6. The van der Waals surface area contributed by atoms with Crippen molar-refractivity contribution in [2.24, 2.45) is 0 Å². The van der Waals surface area contributed by atoms with Crippen molar-refractivity contribution in [3.05, 3.63) is 46.9 Å². The average molecular weight is 285 g/mol. The van der Waals surface area contributed by atoms with Gasteiger partial charge in [0.1, 0.15) is 5.82 Å². The summed E-state index contributed by atoms with van der Waals surface area (Å²) >= 11 is 0. The number of pyridine rings is 1. The Morgan fingerprint density at radius 2 is 2.24 bits per heavy atom. The molecule has 0 radical (unpaired) electrons. The van der Waals surface area contributed by atoms with E-state index >= 15 is 0 Å². The molecule has 5 nitrogen and oxygen atoms in total. The number of hydrogen-bond acceptors (Lipinski definition) is 3. The van der Waals surface area contributed by atoms with Gasteiger partial charge in [-0.3, -0.25) is 4.79 Å². The van der Waals surface area contributed by atoms with Crippen molar-refractivity contribution in [1.29, 1.82) is 0 Å². The summed E-state index contributed by atoms with van der Waals surface area (Å²) in [6.45, 7) is 3.86. The quantitative estimate of drug-likeness (QED) is 0.907. The molecule has 1 aliphatic carbocycles. The van der Waals surface area contributed by atoms with Crippen LogP contribution in [0.15, 0.2) is 24.4 Å². The van der Waals surface area contributed by atoms with Crippen LogP contribution in [-0.2, 0) is 6.61 Å². The molecule has 0 spiro atoms. The molecule has 0 aromatic carbocycles. The lowest BCUT2D eigenvalue weighted by Gasteiger charge is -2.09. The SMILES string of the molecule is Cc1cc(C(=O)Nc2ncccc2CO)c(C)n1C1CC1. The van der Waals surface area contributed by atoms with Crippen LogP contribution in [0.3, 0.4) is 0 Å². The molecule has 5 heteroatoms. The summed E-state index contributed by atoms with van der Waals surface area (Å²) in [5.41, 5.74) is 3.40. The molecule has 2 aromatic rings. The first kappa shape index (κ1) is 13.8. The van der Waals surface area contributed by atoms with E-state index in [1.807, 2.05) is 19.9 Å². The van der Waals surface area contributed by atoms with Crippen molar-refractivity contribution in [3.8, 4) is 0 Å². The first-order valence-corrected chi connectivity index (χ1v) is 7.16. The monoisotopic (exact) mass is 285 g/mol. The number of carbonyl (C=O) groups excluding carboxylic acids is 1. The van der Waals surface area contributed by atoms with E-state index in [2.05, 4.69) is 14.9 Å². The Hall–Kier alpha value is -2.14. The van der Waals surface area contributed by atoms with Crippen molar-refractivity contribution < 1.29 is 9.90 Å². The standard InChI is InChI=1S/C16H19N3O2/c1-10-8-14(11(2)19(10)13-5-6-13)16(21)18-15-12(9-20)4-3-7-17-15/h3-4,7-8,13,20H,5-6,9H2,1-2H3,(H,17,18,21). The molecule has 1 amide bonds. The van der Waals surface area contributed by atoms with E-state index in [0.29, 0.717) is 23.0 Å². The largest absolute Gasteiger partial charge is 0.392 e. The highest BCUT2D eigenvalue weighted by atomic mass is 16.3. The van der Waals surface area contributed by atoms with Crippen LogP contribution in [0, 0.1) is 13.8 Å². The second-order valence-electron chi connectivity index (χ2n) is 5.51. The maximum absolute atomic E-state index is 12.5. The molecule has 1 saturated carbocycles. The lowest BCUT2D eigenvalue weighted by molar-refractivity contribution is 0.102. The van der Waals surface area contributed by atoms with E-state index in [0.717, 1.165) is 11.4 Å². The van der Waals surface area contributed by atoms with Gasteiger partial charge in [0.25, 0.3) is 5.91 Å². The van der Waals surface area contributed by atoms with Gasteiger partial charge in [-0.05, 0) is 38.8 Å². The number of anilines is 1. The molecule has 0 atom stereocenters. The minimum absolute atomic E-state index is 0.148. The van der Waals surface area contributed by atoms with Crippen LogP contribution in [0.25, 0.3) is 0 Å². The second-order valence-corrected chi connectivity index (χ2v) is 5.51. The van der Waals surface area contributed by atoms with Gasteiger partial charge in [0.05, 0.1) is 12.2 Å². The Kier molecular flexibility index (Phi) is 3.51. The van der Waals surface area contributed by atoms with Crippen molar-refractivity contribution in [3.63, 3.8) is 0 Å². The second kappa shape index (κ2) is 5.33. The van der Waals surface area contributed by atoms with Crippen LogP contribution < -0.4 is 5.32 Å². The molecule has 2 N–H and O–H groups in total. The Bertz CT molecular complexity index is 687. The minimum Gasteiger partial charge on any atom is -0.392 e. The number of nitrogens with zero attached hydrogens (tertiary/aromatic N) is 2. The number of aryl methyl sites for hydroxylation is 1. The number of aromatic nitrogens is 2. The molecule has 0 aliphatic heterocycles. The van der Waals surface area contributed by atoms with Crippen LogP contribution in [0.2, 0.25) is 0 Å². The van der Waals surface area contributed by atoms with Crippen molar-refractivity contribution in [2.45, 2.75) is 39.3 Å². The van der Waals surface area contributed by atoms with Gasteiger partial charge in [0.2, 0.25) is 0 Å². The Morgan fingerprint density at radius 3 is 2.90 bits per heavy atom. The molecule has 110 valence electrons. The highest BCUT2D eigenvalue weighted by Gasteiger charge is 2.28. The summed E-state index contributed by atoms with van der Waals surface area (Å²) < 4.78 is 2.24. The fourth-order valence-electron chi connectivity index (χ4n) is 2.76. The van der Waals surface area contributed by atoms with E-state index in [1.54, 1.807) is 18.3 Å². The third kappa shape index (κ3) is 2.56. The molecule has 0 saturated heterocycles. The molecule has 1 fully saturated rings. The molecule has 21 heavy (non-hydrogen) atoms. The molecule has 2 heterocycles. The Balaban J connectivity index is 1.87. The van der Waals surface area contributed by atoms with Gasteiger partial charge in [-0.15, -0.1) is 0 Å². The van der Waals surface area contributed by atoms with Crippen LogP contribution >= 0.6 is 0 Å². The van der Waals surface area contributed by atoms with Gasteiger partial charge < -0.3 is 15.0 Å². The molecule has 0 bridgehead atoms. The highest BCUT2D eigenvalue weighted by Crippen LogP contribution is 2.38. The number of carbonyl (C=O) groups is 1. The third-order valence-corrected chi connectivity index (χ3v) is 3.93. The fraction of sp³-hybridized carbons (Fsp3) is 0.375. The molecular weight excluding hydrogens is 266 g/mol. The normalized spacial score (nSPS) is 14.2. The average Bonchev–Trinajstić information content (AvgIpc) is 3.25. The number of aliphatic hydroxyl groups excluding tert-OH is 1. The van der Waals surface area contributed by atoms with E-state index in [9.17, 15) is 9.90 Å². The van der Waals surface area contributed by atoms with Gasteiger partial charge in [0, 0.05) is 29.2 Å². The van der Waals surface area contributed by atoms with E-state index in [4.69, 9.17) is 0 Å². The summed E-state index contributed by atoms with van der Waals surface area (Å²) in [5.74, 6) is 0.240. The summed E-state index contributed by atoms with van der Waals surface area (Å²) in [6, 6.07) is 5.95. The van der Waals surface area contributed by atoms with Crippen molar-refractivity contribution in [2.75, 3.05) is 5.32 Å². The van der Waals surface area contributed by atoms with E-state index < -0.39 is 0 Å². The zero-order valence-electron chi connectivity index (χ0n) is 12.3. The first-order chi connectivity index (χ1) is 10.1. The summed E-state index contributed by atoms with van der Waals surface area (Å²) in [7, 11) is 0. The smallest absolute Gasteiger partial charge is 0.258 e. The lowest BCUT2D eigenvalue weighted by atomic mass is 10.2. The van der Waals surface area contributed by atoms with Crippen molar-refractivity contribution >= 4 is 11.7 Å². The van der Waals surface area contributed by atoms with Gasteiger partial charge in [-0.2, -0.15) is 0 Å². The van der Waals surface area contributed by atoms with Crippen LogP contribution in [0.1, 0.15) is 46.2 Å². The Labute approximate surface area is 123 Å². The molecule has 0 unspecified atom stereocenters. The van der Waals surface area contributed by atoms with Crippen LogP contribution in [0.4, 0.5) is 5.82 Å². The van der Waals surface area contributed by atoms with Gasteiger partial charge >= 0.3 is 0 Å². The lowest BCUT2D eigenvalue weighted by Crippen LogP contribution is -2.15. The highest BCUT2D eigenvalue weighted by molar-refractivity contribution is 6.05. The summed E-state index contributed by atoms with van der Waals surface area (Å²) in [5, 5.41) is 12.1. The first-order valence-electron chi connectivity index (χ1n) is 7.16. The zero-order chi connectivity index (χ0) is 15.0. The van der Waals surface area contributed by atoms with E-state index in [1.165, 1.54) is 12.8 Å². The number of aliphatic hydroxyl groups is 1. The minimum atomic E-state index is -0.177. The number of hydrogen-bond donors (Lipinski definition) is 2. The predicted octanol–water partition coefficient (Wildman–Crippen LogP) is 2.58. The Morgan fingerprint density at radius 1 is 1.48 bits per heavy atom. The number of nitrogens with one attached hydrogen (secondary N) is 1.